The van der Waals surface area contributed by atoms with Gasteiger partial charge >= 0.3 is 6.18 Å². The lowest BCUT2D eigenvalue weighted by atomic mass is 10.1. The van der Waals surface area contributed by atoms with E-state index in [2.05, 4.69) is 4.98 Å². The second kappa shape index (κ2) is 4.73. The molecule has 3 rings (SSSR count). The number of nitrogen functional groups attached to an aromatic ring is 1. The van der Waals surface area contributed by atoms with Gasteiger partial charge in [0.05, 0.1) is 15.8 Å². The highest BCUT2D eigenvalue weighted by Gasteiger charge is 2.31. The van der Waals surface area contributed by atoms with E-state index in [0.29, 0.717) is 10.6 Å². The summed E-state index contributed by atoms with van der Waals surface area (Å²) in [6, 6.07) is 9.17. The number of benzene rings is 2. The molecular weight excluding hydrogens is 297 g/mol. The van der Waals surface area contributed by atoms with Gasteiger partial charge in [-0.3, -0.25) is 0 Å². The van der Waals surface area contributed by atoms with Gasteiger partial charge in [-0.05, 0) is 36.8 Å². The summed E-state index contributed by atoms with van der Waals surface area (Å²) in [5, 5.41) is 0.630. The van der Waals surface area contributed by atoms with Crippen LogP contribution in [0.3, 0.4) is 0 Å². The van der Waals surface area contributed by atoms with Crippen LogP contribution in [-0.4, -0.2) is 4.98 Å². The van der Waals surface area contributed by atoms with Crippen LogP contribution in [0.5, 0.6) is 0 Å². The Labute approximate surface area is 123 Å². The third-order valence-corrected chi connectivity index (χ3v) is 4.28. The topological polar surface area (TPSA) is 38.9 Å². The third kappa shape index (κ3) is 2.47. The summed E-state index contributed by atoms with van der Waals surface area (Å²) in [5.74, 6) is 0. The summed E-state index contributed by atoms with van der Waals surface area (Å²) in [5.41, 5.74) is 7.53. The number of thiazole rings is 1. The maximum atomic E-state index is 12.7. The monoisotopic (exact) mass is 308 g/mol. The number of hydrogen-bond donors (Lipinski definition) is 1. The quantitative estimate of drug-likeness (QED) is 0.651. The number of rotatable bonds is 1. The summed E-state index contributed by atoms with van der Waals surface area (Å²) in [4.78, 5) is 4.49. The number of aryl methyl sites for hydroxylation is 1. The largest absolute Gasteiger partial charge is 0.416 e. The first-order valence-electron chi connectivity index (χ1n) is 6.19. The van der Waals surface area contributed by atoms with Crippen LogP contribution < -0.4 is 5.73 Å². The lowest BCUT2D eigenvalue weighted by Crippen LogP contribution is -2.05. The van der Waals surface area contributed by atoms with E-state index in [1.54, 1.807) is 0 Å². The minimum atomic E-state index is -4.39. The summed E-state index contributed by atoms with van der Waals surface area (Å²) in [6.07, 6.45) is -4.39. The molecule has 0 saturated carbocycles. The molecule has 2 N–H and O–H groups in total. The lowest BCUT2D eigenvalue weighted by Gasteiger charge is -2.09. The van der Waals surface area contributed by atoms with Gasteiger partial charge in [-0.15, -0.1) is 11.3 Å². The van der Waals surface area contributed by atoms with Gasteiger partial charge in [-0.2, -0.15) is 13.2 Å². The number of halogens is 3. The van der Waals surface area contributed by atoms with E-state index < -0.39 is 11.7 Å². The van der Waals surface area contributed by atoms with Gasteiger partial charge in [-0.1, -0.05) is 12.1 Å². The molecule has 0 amide bonds. The van der Waals surface area contributed by atoms with Gasteiger partial charge in [0.15, 0.2) is 0 Å². The molecule has 0 aliphatic heterocycles. The number of aromatic nitrogens is 1. The molecule has 0 atom stereocenters. The van der Waals surface area contributed by atoms with Crippen LogP contribution in [0.15, 0.2) is 36.4 Å². The van der Waals surface area contributed by atoms with E-state index >= 15 is 0 Å². The van der Waals surface area contributed by atoms with Crippen LogP contribution in [-0.2, 0) is 6.18 Å². The first kappa shape index (κ1) is 13.9. The van der Waals surface area contributed by atoms with Crippen LogP contribution in [0.25, 0.3) is 20.8 Å². The van der Waals surface area contributed by atoms with Crippen LogP contribution in [0.1, 0.15) is 11.1 Å². The highest BCUT2D eigenvalue weighted by Crippen LogP contribution is 2.37. The maximum absolute atomic E-state index is 12.7. The van der Waals surface area contributed by atoms with E-state index in [1.165, 1.54) is 17.4 Å². The molecule has 0 bridgehead atoms. The predicted octanol–water partition coefficient (Wildman–Crippen LogP) is 4.87. The molecule has 2 nitrogen and oxygen atoms in total. The molecule has 0 saturated heterocycles. The smallest absolute Gasteiger partial charge is 0.398 e. The summed E-state index contributed by atoms with van der Waals surface area (Å²) < 4.78 is 39.0. The van der Waals surface area contributed by atoms with Crippen LogP contribution in [0.2, 0.25) is 0 Å². The van der Waals surface area contributed by atoms with Crippen LogP contribution >= 0.6 is 11.3 Å². The third-order valence-electron chi connectivity index (χ3n) is 3.23. The minimum Gasteiger partial charge on any atom is -0.398 e. The van der Waals surface area contributed by atoms with Crippen LogP contribution in [0, 0.1) is 6.92 Å². The standard InChI is InChI=1S/C15H11F3N2S/c1-8-3-2-4-12-13(8)20-14(21-12)10-6-5-9(7-11(10)19)15(16,17)18/h2-7H,19H2,1H3. The molecule has 0 spiro atoms. The van der Waals surface area contributed by atoms with Crippen molar-refractivity contribution in [2.75, 3.05) is 5.73 Å². The molecule has 0 radical (unpaired) electrons. The van der Waals surface area contributed by atoms with Crippen molar-refractivity contribution < 1.29 is 13.2 Å². The second-order valence-corrected chi connectivity index (χ2v) is 5.77. The number of para-hydroxylation sites is 1. The Morgan fingerprint density at radius 2 is 1.90 bits per heavy atom. The van der Waals surface area contributed by atoms with Crippen molar-refractivity contribution in [2.45, 2.75) is 13.1 Å². The number of alkyl halides is 3. The fourth-order valence-corrected chi connectivity index (χ4v) is 3.23. The second-order valence-electron chi connectivity index (χ2n) is 4.74. The first-order valence-corrected chi connectivity index (χ1v) is 7.01. The van der Waals surface area contributed by atoms with Gasteiger partial charge in [0, 0.05) is 11.3 Å². The average Bonchev–Trinajstić information content (AvgIpc) is 2.82. The van der Waals surface area contributed by atoms with Crippen molar-refractivity contribution in [1.29, 1.82) is 0 Å². The molecule has 2 aromatic carbocycles. The Kier molecular flexibility index (Phi) is 3.13. The number of nitrogens with two attached hydrogens (primary N) is 1. The fraction of sp³-hybridized carbons (Fsp3) is 0.133. The summed E-state index contributed by atoms with van der Waals surface area (Å²) in [6.45, 7) is 1.95. The molecule has 0 fully saturated rings. The Morgan fingerprint density at radius 1 is 1.14 bits per heavy atom. The summed E-state index contributed by atoms with van der Waals surface area (Å²) in [7, 11) is 0. The number of hydrogen-bond acceptors (Lipinski definition) is 3. The molecule has 21 heavy (non-hydrogen) atoms. The zero-order valence-corrected chi connectivity index (χ0v) is 11.8. The number of nitrogens with zero attached hydrogens (tertiary/aromatic N) is 1. The van der Waals surface area contributed by atoms with Crippen molar-refractivity contribution in [3.05, 3.63) is 47.5 Å². The number of anilines is 1. The van der Waals surface area contributed by atoms with E-state index in [9.17, 15) is 13.2 Å². The predicted molar refractivity (Wildman–Crippen MR) is 79.2 cm³/mol. The Hall–Kier alpha value is -2.08. The van der Waals surface area contributed by atoms with Crippen LogP contribution in [0.4, 0.5) is 18.9 Å². The molecule has 108 valence electrons. The molecule has 3 aromatic rings. The molecule has 1 heterocycles. The SMILES string of the molecule is Cc1cccc2sc(-c3ccc(C(F)(F)F)cc3N)nc12. The van der Waals surface area contributed by atoms with Crippen molar-refractivity contribution in [3.8, 4) is 10.6 Å². The van der Waals surface area contributed by atoms with E-state index in [1.807, 2.05) is 25.1 Å². The molecule has 6 heteroatoms. The highest BCUT2D eigenvalue weighted by atomic mass is 32.1. The maximum Gasteiger partial charge on any atom is 0.416 e. The van der Waals surface area contributed by atoms with Gasteiger partial charge in [0.2, 0.25) is 0 Å². The highest BCUT2D eigenvalue weighted by molar-refractivity contribution is 7.21. The normalized spacial score (nSPS) is 12.0. The molecular formula is C15H11F3N2S. The van der Waals surface area contributed by atoms with Gasteiger partial charge < -0.3 is 5.73 Å². The Balaban J connectivity index is 2.13. The van der Waals surface area contributed by atoms with E-state index in [-0.39, 0.29) is 5.69 Å². The summed E-state index contributed by atoms with van der Waals surface area (Å²) >= 11 is 1.42. The van der Waals surface area contributed by atoms with Gasteiger partial charge in [0.25, 0.3) is 0 Å². The zero-order chi connectivity index (χ0) is 15.2. The molecule has 0 aliphatic carbocycles. The van der Waals surface area contributed by atoms with E-state index in [4.69, 9.17) is 5.73 Å². The van der Waals surface area contributed by atoms with Crippen molar-refractivity contribution in [1.82, 2.24) is 4.98 Å². The fourth-order valence-electron chi connectivity index (χ4n) is 2.14. The first-order chi connectivity index (χ1) is 9.86. The van der Waals surface area contributed by atoms with Crippen molar-refractivity contribution in [3.63, 3.8) is 0 Å². The van der Waals surface area contributed by atoms with Gasteiger partial charge in [0.1, 0.15) is 5.01 Å². The zero-order valence-electron chi connectivity index (χ0n) is 11.0. The lowest BCUT2D eigenvalue weighted by molar-refractivity contribution is -0.137. The Bertz CT molecular complexity index is 821. The molecule has 0 unspecified atom stereocenters. The average molecular weight is 308 g/mol. The van der Waals surface area contributed by atoms with Crippen molar-refractivity contribution >= 4 is 27.2 Å². The number of fused-ring (bicyclic) bond motifs is 1. The molecule has 0 aliphatic rings. The van der Waals surface area contributed by atoms with Crippen molar-refractivity contribution in [2.24, 2.45) is 0 Å². The van der Waals surface area contributed by atoms with Gasteiger partial charge in [-0.25, -0.2) is 4.98 Å². The molecule has 1 aromatic heterocycles. The van der Waals surface area contributed by atoms with E-state index in [0.717, 1.165) is 27.9 Å². The Morgan fingerprint density at radius 3 is 2.52 bits per heavy atom. The minimum absolute atomic E-state index is 0.0848.